The quantitative estimate of drug-likeness (QED) is 0.603. The number of esters is 1. The summed E-state index contributed by atoms with van der Waals surface area (Å²) in [5, 5.41) is 0. The second-order valence-corrected chi connectivity index (χ2v) is 4.25. The maximum atomic E-state index is 11.6. The molecule has 0 saturated carbocycles. The van der Waals surface area contributed by atoms with E-state index in [0.717, 1.165) is 25.2 Å². The normalized spacial score (nSPS) is 10.3. The van der Waals surface area contributed by atoms with E-state index in [0.29, 0.717) is 17.9 Å². The smallest absolute Gasteiger partial charge is 0.337 e. The van der Waals surface area contributed by atoms with Crippen LogP contribution in [-0.4, -0.2) is 39.9 Å². The van der Waals surface area contributed by atoms with E-state index in [-0.39, 0.29) is 5.97 Å². The fourth-order valence-electron chi connectivity index (χ4n) is 1.89. The van der Waals surface area contributed by atoms with Gasteiger partial charge in [-0.05, 0) is 24.6 Å². The molecular weight excluding hydrogens is 244 g/mol. The van der Waals surface area contributed by atoms with E-state index in [1.807, 2.05) is 0 Å². The molecule has 0 aliphatic carbocycles. The molecule has 1 aromatic carbocycles. The number of hydrogen-bond donors (Lipinski definition) is 1. The molecule has 2 N–H and O–H groups in total. The molecule has 5 heteroatoms. The number of nitrogens with zero attached hydrogens (tertiary/aromatic N) is 1. The molecule has 106 valence electrons. The summed E-state index contributed by atoms with van der Waals surface area (Å²) in [5.41, 5.74) is 8.00. The average molecular weight is 266 g/mol. The van der Waals surface area contributed by atoms with Crippen molar-refractivity contribution in [3.8, 4) is 0 Å². The van der Waals surface area contributed by atoms with E-state index in [4.69, 9.17) is 15.2 Å². The van der Waals surface area contributed by atoms with Crippen LogP contribution in [0.25, 0.3) is 0 Å². The third kappa shape index (κ3) is 4.13. The number of nitrogen functional groups attached to an aromatic ring is 1. The van der Waals surface area contributed by atoms with Crippen LogP contribution in [0.5, 0.6) is 0 Å². The molecular formula is C14H22N2O3. The molecule has 0 aromatic heterocycles. The zero-order chi connectivity index (χ0) is 14.3. The highest BCUT2D eigenvalue weighted by molar-refractivity contribution is 5.92. The SMILES string of the molecule is CCCN(CCOC)c1cc(C(=O)OC)ccc1N. The van der Waals surface area contributed by atoms with Crippen molar-refractivity contribution in [1.82, 2.24) is 0 Å². The van der Waals surface area contributed by atoms with Gasteiger partial charge in [0.1, 0.15) is 0 Å². The number of carbonyl (C=O) groups excluding carboxylic acids is 1. The molecule has 5 nitrogen and oxygen atoms in total. The Balaban J connectivity index is 3.02. The van der Waals surface area contributed by atoms with Crippen LogP contribution in [0.2, 0.25) is 0 Å². The molecule has 0 heterocycles. The largest absolute Gasteiger partial charge is 0.465 e. The Kier molecular flexibility index (Phi) is 6.15. The number of ether oxygens (including phenoxy) is 2. The first-order chi connectivity index (χ1) is 9.13. The average Bonchev–Trinajstić information content (AvgIpc) is 2.43. The summed E-state index contributed by atoms with van der Waals surface area (Å²) < 4.78 is 9.83. The van der Waals surface area contributed by atoms with E-state index in [2.05, 4.69) is 11.8 Å². The number of nitrogens with two attached hydrogens (primary N) is 1. The minimum atomic E-state index is -0.357. The molecule has 1 rings (SSSR count). The number of carbonyl (C=O) groups is 1. The lowest BCUT2D eigenvalue weighted by Crippen LogP contribution is -2.29. The first-order valence-corrected chi connectivity index (χ1v) is 6.35. The van der Waals surface area contributed by atoms with Crippen LogP contribution in [0.15, 0.2) is 18.2 Å². The maximum Gasteiger partial charge on any atom is 0.337 e. The summed E-state index contributed by atoms with van der Waals surface area (Å²) in [6.45, 7) is 4.30. The molecule has 0 aliphatic rings. The summed E-state index contributed by atoms with van der Waals surface area (Å²) in [6.07, 6.45) is 0.992. The molecule has 0 fully saturated rings. The predicted molar refractivity (Wildman–Crippen MR) is 76.6 cm³/mol. The summed E-state index contributed by atoms with van der Waals surface area (Å²) in [6, 6.07) is 5.18. The van der Waals surface area contributed by atoms with Crippen LogP contribution in [0.4, 0.5) is 11.4 Å². The van der Waals surface area contributed by atoms with Crippen molar-refractivity contribution in [2.75, 3.05) is 44.5 Å². The van der Waals surface area contributed by atoms with Crippen molar-refractivity contribution < 1.29 is 14.3 Å². The van der Waals surface area contributed by atoms with Gasteiger partial charge < -0.3 is 20.1 Å². The molecule has 1 aromatic rings. The second kappa shape index (κ2) is 7.63. The maximum absolute atomic E-state index is 11.6. The standard InChI is InChI=1S/C14H22N2O3/c1-4-7-16(8-9-18-2)13-10-11(14(17)19-3)5-6-12(13)15/h5-6,10H,4,7-9,15H2,1-3H3. The van der Waals surface area contributed by atoms with E-state index < -0.39 is 0 Å². The van der Waals surface area contributed by atoms with Gasteiger partial charge in [-0.2, -0.15) is 0 Å². The van der Waals surface area contributed by atoms with Crippen LogP contribution in [0, 0.1) is 0 Å². The van der Waals surface area contributed by atoms with Gasteiger partial charge in [0.15, 0.2) is 0 Å². The summed E-state index contributed by atoms with van der Waals surface area (Å²) in [7, 11) is 3.03. The highest BCUT2D eigenvalue weighted by Crippen LogP contribution is 2.25. The lowest BCUT2D eigenvalue weighted by molar-refractivity contribution is 0.0601. The Hall–Kier alpha value is -1.75. The minimum Gasteiger partial charge on any atom is -0.465 e. The van der Waals surface area contributed by atoms with E-state index >= 15 is 0 Å². The van der Waals surface area contributed by atoms with Gasteiger partial charge in [0.2, 0.25) is 0 Å². The summed E-state index contributed by atoms with van der Waals surface area (Å²) in [4.78, 5) is 13.7. The van der Waals surface area contributed by atoms with E-state index in [9.17, 15) is 4.79 Å². The molecule has 0 spiro atoms. The van der Waals surface area contributed by atoms with Gasteiger partial charge in [-0.25, -0.2) is 4.79 Å². The van der Waals surface area contributed by atoms with Crippen LogP contribution in [-0.2, 0) is 9.47 Å². The first kappa shape index (κ1) is 15.3. The number of benzene rings is 1. The lowest BCUT2D eigenvalue weighted by Gasteiger charge is -2.25. The highest BCUT2D eigenvalue weighted by Gasteiger charge is 2.13. The Morgan fingerprint density at radius 2 is 2.05 bits per heavy atom. The third-order valence-electron chi connectivity index (χ3n) is 2.85. The lowest BCUT2D eigenvalue weighted by atomic mass is 10.1. The molecule has 0 bridgehead atoms. The molecule has 0 radical (unpaired) electrons. The fraction of sp³-hybridized carbons (Fsp3) is 0.500. The highest BCUT2D eigenvalue weighted by atomic mass is 16.5. The fourth-order valence-corrected chi connectivity index (χ4v) is 1.89. The van der Waals surface area contributed by atoms with E-state index in [1.54, 1.807) is 25.3 Å². The van der Waals surface area contributed by atoms with Crippen molar-refractivity contribution in [2.45, 2.75) is 13.3 Å². The van der Waals surface area contributed by atoms with Gasteiger partial charge in [0.25, 0.3) is 0 Å². The topological polar surface area (TPSA) is 64.8 Å². The van der Waals surface area contributed by atoms with Gasteiger partial charge in [-0.15, -0.1) is 0 Å². The van der Waals surface area contributed by atoms with Crippen molar-refractivity contribution in [3.05, 3.63) is 23.8 Å². The van der Waals surface area contributed by atoms with Crippen molar-refractivity contribution in [2.24, 2.45) is 0 Å². The Morgan fingerprint density at radius 3 is 2.63 bits per heavy atom. The van der Waals surface area contributed by atoms with Gasteiger partial charge >= 0.3 is 5.97 Å². The summed E-state index contributed by atoms with van der Waals surface area (Å²) >= 11 is 0. The molecule has 0 atom stereocenters. The first-order valence-electron chi connectivity index (χ1n) is 6.35. The monoisotopic (exact) mass is 266 g/mol. The van der Waals surface area contributed by atoms with Gasteiger partial charge in [0.05, 0.1) is 30.7 Å². The zero-order valence-electron chi connectivity index (χ0n) is 11.8. The minimum absolute atomic E-state index is 0.357. The van der Waals surface area contributed by atoms with Crippen LogP contribution in [0.1, 0.15) is 23.7 Å². The van der Waals surface area contributed by atoms with Crippen LogP contribution >= 0.6 is 0 Å². The Bertz CT molecular complexity index is 421. The number of rotatable bonds is 7. The third-order valence-corrected chi connectivity index (χ3v) is 2.85. The van der Waals surface area contributed by atoms with Gasteiger partial charge in [-0.3, -0.25) is 0 Å². The zero-order valence-corrected chi connectivity index (χ0v) is 11.8. The van der Waals surface area contributed by atoms with Crippen LogP contribution < -0.4 is 10.6 Å². The predicted octanol–water partition coefficient (Wildman–Crippen LogP) is 1.92. The van der Waals surface area contributed by atoms with Gasteiger partial charge in [0, 0.05) is 20.2 Å². The van der Waals surface area contributed by atoms with Gasteiger partial charge in [-0.1, -0.05) is 6.92 Å². The molecule has 0 unspecified atom stereocenters. The molecule has 0 saturated heterocycles. The molecule has 0 aliphatic heterocycles. The second-order valence-electron chi connectivity index (χ2n) is 4.25. The molecule has 0 amide bonds. The van der Waals surface area contributed by atoms with E-state index in [1.165, 1.54) is 7.11 Å². The Labute approximate surface area is 114 Å². The van der Waals surface area contributed by atoms with Crippen LogP contribution in [0.3, 0.4) is 0 Å². The number of anilines is 2. The van der Waals surface area contributed by atoms with Crippen molar-refractivity contribution in [3.63, 3.8) is 0 Å². The molecule has 19 heavy (non-hydrogen) atoms. The van der Waals surface area contributed by atoms with Crippen molar-refractivity contribution >= 4 is 17.3 Å². The number of hydrogen-bond acceptors (Lipinski definition) is 5. The summed E-state index contributed by atoms with van der Waals surface area (Å²) in [5.74, 6) is -0.357. The van der Waals surface area contributed by atoms with Crippen molar-refractivity contribution in [1.29, 1.82) is 0 Å². The Morgan fingerprint density at radius 1 is 1.32 bits per heavy atom. The number of methoxy groups -OCH3 is 2.